The van der Waals surface area contributed by atoms with Crippen LogP contribution in [0.5, 0.6) is 11.5 Å². The van der Waals surface area contributed by atoms with Gasteiger partial charge in [-0.2, -0.15) is 9.78 Å². The van der Waals surface area contributed by atoms with Gasteiger partial charge < -0.3 is 20.1 Å². The van der Waals surface area contributed by atoms with Crippen molar-refractivity contribution in [1.29, 1.82) is 0 Å². The molecule has 0 saturated carbocycles. The first-order valence-corrected chi connectivity index (χ1v) is 12.5. The number of benzene rings is 2. The zero-order valence-corrected chi connectivity index (χ0v) is 21.9. The molecule has 0 radical (unpaired) electrons. The fourth-order valence-corrected chi connectivity index (χ4v) is 4.51. The van der Waals surface area contributed by atoms with E-state index < -0.39 is 5.91 Å². The van der Waals surface area contributed by atoms with E-state index >= 15 is 0 Å². The standard InChI is InChI=1S/C26H29N9O4/c1-4-38-22-14-18(11-12-21(22)37-3)16(2)28-30-26(36)23-20(35(33-29-23)25-24(27)31-39-32-25)15-34-13-7-9-17-8-5-6-10-19(17)34/h5-6,8,10-12,14H,4,7,9,13,15H2,1-3H3,(H2,27,31)(H,30,36)/b28-16+. The van der Waals surface area contributed by atoms with E-state index in [0.717, 1.165) is 30.6 Å². The van der Waals surface area contributed by atoms with Crippen molar-refractivity contribution in [3.63, 3.8) is 0 Å². The first-order chi connectivity index (χ1) is 19.0. The molecule has 2 aromatic carbocycles. The molecule has 39 heavy (non-hydrogen) atoms. The van der Waals surface area contributed by atoms with Crippen LogP contribution in [0.25, 0.3) is 5.82 Å². The number of hydrogen-bond acceptors (Lipinski definition) is 11. The average Bonchev–Trinajstić information content (AvgIpc) is 3.57. The molecule has 0 fully saturated rings. The molecule has 0 bridgehead atoms. The largest absolute Gasteiger partial charge is 0.493 e. The lowest BCUT2D eigenvalue weighted by atomic mass is 10.0. The Kier molecular flexibility index (Phi) is 7.39. The number of ether oxygens (including phenoxy) is 2. The normalized spacial score (nSPS) is 13.2. The van der Waals surface area contributed by atoms with E-state index in [9.17, 15) is 4.79 Å². The van der Waals surface area contributed by atoms with Gasteiger partial charge in [-0.25, -0.2) is 10.1 Å². The smallest absolute Gasteiger partial charge is 0.293 e. The molecule has 0 unspecified atom stereocenters. The first-order valence-electron chi connectivity index (χ1n) is 12.5. The average molecular weight is 532 g/mol. The summed E-state index contributed by atoms with van der Waals surface area (Å²) in [6.07, 6.45) is 1.96. The SMILES string of the molecule is CCOc1cc(/C(C)=N/NC(=O)c2nnn(-c3nonc3N)c2CN2CCCc3ccccc32)ccc1OC. The second-order valence-corrected chi connectivity index (χ2v) is 8.86. The zero-order valence-electron chi connectivity index (χ0n) is 21.9. The number of methoxy groups -OCH3 is 1. The molecule has 202 valence electrons. The summed E-state index contributed by atoms with van der Waals surface area (Å²) in [6, 6.07) is 13.6. The number of rotatable bonds is 9. The van der Waals surface area contributed by atoms with E-state index in [2.05, 4.69) is 48.2 Å². The first kappa shape index (κ1) is 25.7. The number of aryl methyl sites for hydroxylation is 1. The van der Waals surface area contributed by atoms with Crippen molar-refractivity contribution in [1.82, 2.24) is 30.7 Å². The summed E-state index contributed by atoms with van der Waals surface area (Å²) in [5.74, 6) is 0.854. The van der Waals surface area contributed by atoms with Gasteiger partial charge >= 0.3 is 0 Å². The molecule has 5 rings (SSSR count). The molecule has 2 aromatic heterocycles. The predicted octanol–water partition coefficient (Wildman–Crippen LogP) is 2.75. The van der Waals surface area contributed by atoms with Crippen LogP contribution >= 0.6 is 0 Å². The molecular weight excluding hydrogens is 502 g/mol. The number of nitrogens with two attached hydrogens (primary N) is 1. The molecule has 1 amide bonds. The lowest BCUT2D eigenvalue weighted by Crippen LogP contribution is -2.31. The molecule has 13 nitrogen and oxygen atoms in total. The lowest BCUT2D eigenvalue weighted by molar-refractivity contribution is 0.0948. The fourth-order valence-electron chi connectivity index (χ4n) is 4.51. The minimum Gasteiger partial charge on any atom is -0.493 e. The number of anilines is 2. The Labute approximate surface area is 224 Å². The topological polar surface area (TPSA) is 159 Å². The second-order valence-electron chi connectivity index (χ2n) is 8.86. The zero-order chi connectivity index (χ0) is 27.4. The van der Waals surface area contributed by atoms with Crippen LogP contribution in [0, 0.1) is 0 Å². The van der Waals surface area contributed by atoms with Gasteiger partial charge in [0.05, 0.1) is 31.7 Å². The lowest BCUT2D eigenvalue weighted by Gasteiger charge is -2.31. The molecule has 0 spiro atoms. The van der Waals surface area contributed by atoms with Gasteiger partial charge in [0.15, 0.2) is 17.2 Å². The number of carbonyl (C=O) groups is 1. The quantitative estimate of drug-likeness (QED) is 0.243. The summed E-state index contributed by atoms with van der Waals surface area (Å²) in [5.41, 5.74) is 12.8. The van der Waals surface area contributed by atoms with Crippen LogP contribution in [0.1, 0.15) is 47.6 Å². The Bertz CT molecular complexity index is 1510. The van der Waals surface area contributed by atoms with E-state index in [1.807, 2.05) is 31.2 Å². The number of nitrogen functional groups attached to an aromatic ring is 1. The Hall–Kier alpha value is -4.94. The van der Waals surface area contributed by atoms with Gasteiger partial charge in [-0.05, 0) is 66.8 Å². The van der Waals surface area contributed by atoms with Crippen molar-refractivity contribution in [3.8, 4) is 17.3 Å². The minimum absolute atomic E-state index is 0.0330. The summed E-state index contributed by atoms with van der Waals surface area (Å²) in [7, 11) is 1.58. The van der Waals surface area contributed by atoms with E-state index in [1.54, 1.807) is 20.1 Å². The number of amides is 1. The maximum Gasteiger partial charge on any atom is 0.293 e. The number of aromatic nitrogens is 5. The number of hydrazone groups is 1. The van der Waals surface area contributed by atoms with Gasteiger partial charge in [-0.15, -0.1) is 5.10 Å². The highest BCUT2D eigenvalue weighted by atomic mass is 16.6. The van der Waals surface area contributed by atoms with Crippen LogP contribution in [0.15, 0.2) is 52.2 Å². The van der Waals surface area contributed by atoms with Gasteiger partial charge in [0.2, 0.25) is 11.6 Å². The Morgan fingerprint density at radius 2 is 2.05 bits per heavy atom. The van der Waals surface area contributed by atoms with Crippen molar-refractivity contribution in [3.05, 3.63) is 65.0 Å². The van der Waals surface area contributed by atoms with Crippen molar-refractivity contribution in [2.75, 3.05) is 30.9 Å². The third-order valence-corrected chi connectivity index (χ3v) is 6.43. The number of carbonyl (C=O) groups excluding carboxylic acids is 1. The van der Waals surface area contributed by atoms with E-state index in [-0.39, 0.29) is 17.3 Å². The third-order valence-electron chi connectivity index (χ3n) is 6.43. The number of para-hydroxylation sites is 1. The minimum atomic E-state index is -0.533. The van der Waals surface area contributed by atoms with Crippen molar-refractivity contribution in [2.24, 2.45) is 5.10 Å². The highest BCUT2D eigenvalue weighted by molar-refractivity contribution is 6.01. The van der Waals surface area contributed by atoms with Gasteiger partial charge in [0.25, 0.3) is 5.91 Å². The van der Waals surface area contributed by atoms with Crippen LogP contribution in [0.2, 0.25) is 0 Å². The van der Waals surface area contributed by atoms with Gasteiger partial charge in [-0.1, -0.05) is 23.4 Å². The molecule has 13 heteroatoms. The summed E-state index contributed by atoms with van der Waals surface area (Å²) < 4.78 is 17.2. The third kappa shape index (κ3) is 5.23. The molecule has 3 N–H and O–H groups in total. The Morgan fingerprint density at radius 1 is 1.21 bits per heavy atom. The molecule has 1 aliphatic rings. The maximum absolute atomic E-state index is 13.3. The predicted molar refractivity (Wildman–Crippen MR) is 143 cm³/mol. The molecule has 0 aliphatic carbocycles. The van der Waals surface area contributed by atoms with E-state index in [0.29, 0.717) is 36.1 Å². The molecule has 4 aromatic rings. The van der Waals surface area contributed by atoms with E-state index in [1.165, 1.54) is 10.2 Å². The molecule has 3 heterocycles. The molecule has 0 atom stereocenters. The second kappa shape index (κ2) is 11.2. The van der Waals surface area contributed by atoms with Crippen LogP contribution in [0.3, 0.4) is 0 Å². The fraction of sp³-hybridized carbons (Fsp3) is 0.308. The van der Waals surface area contributed by atoms with Crippen LogP contribution < -0.4 is 25.5 Å². The Morgan fingerprint density at radius 3 is 2.82 bits per heavy atom. The molecule has 0 saturated heterocycles. The highest BCUT2D eigenvalue weighted by Gasteiger charge is 2.27. The van der Waals surface area contributed by atoms with Crippen LogP contribution in [-0.2, 0) is 13.0 Å². The van der Waals surface area contributed by atoms with Crippen LogP contribution in [0.4, 0.5) is 11.5 Å². The summed E-state index contributed by atoms with van der Waals surface area (Å²) in [4.78, 5) is 15.5. The summed E-state index contributed by atoms with van der Waals surface area (Å²) >= 11 is 0. The number of hydrogen-bond donors (Lipinski definition) is 2. The Balaban J connectivity index is 1.44. The van der Waals surface area contributed by atoms with Gasteiger partial charge in [-0.3, -0.25) is 4.79 Å². The number of fused-ring (bicyclic) bond motifs is 1. The van der Waals surface area contributed by atoms with Crippen molar-refractivity contribution in [2.45, 2.75) is 33.2 Å². The van der Waals surface area contributed by atoms with E-state index in [4.69, 9.17) is 19.8 Å². The summed E-state index contributed by atoms with van der Waals surface area (Å²) in [6.45, 7) is 5.29. The maximum atomic E-state index is 13.3. The number of nitrogens with one attached hydrogen (secondary N) is 1. The van der Waals surface area contributed by atoms with Crippen LogP contribution in [-0.4, -0.2) is 57.2 Å². The van der Waals surface area contributed by atoms with Crippen molar-refractivity contribution < 1.29 is 18.9 Å². The van der Waals surface area contributed by atoms with Gasteiger partial charge in [0.1, 0.15) is 0 Å². The highest BCUT2D eigenvalue weighted by Crippen LogP contribution is 2.30. The monoisotopic (exact) mass is 531 g/mol. The molecule has 1 aliphatic heterocycles. The van der Waals surface area contributed by atoms with Gasteiger partial charge in [0, 0.05) is 17.8 Å². The number of nitrogens with zero attached hydrogens (tertiary/aromatic N) is 7. The molecular formula is C26H29N9O4. The summed E-state index contributed by atoms with van der Waals surface area (Å²) in [5, 5.41) is 20.1. The van der Waals surface area contributed by atoms with Crippen molar-refractivity contribution >= 4 is 23.1 Å².